The highest BCUT2D eigenvalue weighted by Gasteiger charge is 2.14. The van der Waals surface area contributed by atoms with Crippen molar-refractivity contribution >= 4 is 23.8 Å². The van der Waals surface area contributed by atoms with E-state index in [4.69, 9.17) is 33.3 Å². The van der Waals surface area contributed by atoms with Crippen LogP contribution in [0, 0.1) is 10.6 Å². The number of rotatable bonds is 5. The largest absolute Gasteiger partial charge is 0.483 e. The lowest BCUT2D eigenvalue weighted by atomic mass is 10.3. The first-order valence-electron chi connectivity index (χ1n) is 7.31. The number of aromatic amines is 1. The van der Waals surface area contributed by atoms with Crippen LogP contribution in [0.15, 0.2) is 36.5 Å². The monoisotopic (exact) mass is 380 g/mol. The van der Waals surface area contributed by atoms with Gasteiger partial charge in [0, 0.05) is 13.2 Å². The summed E-state index contributed by atoms with van der Waals surface area (Å²) in [5.74, 6) is 0.933. The molecule has 6 nitrogen and oxygen atoms in total. The summed E-state index contributed by atoms with van der Waals surface area (Å²) in [6, 6.07) is 7.86. The molecule has 25 heavy (non-hydrogen) atoms. The number of H-pyrrole nitrogens is 1. The second kappa shape index (κ2) is 7.20. The molecule has 1 N–H and O–H groups in total. The Kier molecular flexibility index (Phi) is 5.00. The van der Waals surface area contributed by atoms with E-state index in [0.29, 0.717) is 22.1 Å². The van der Waals surface area contributed by atoms with Crippen LogP contribution in [0.3, 0.4) is 0 Å². The van der Waals surface area contributed by atoms with Gasteiger partial charge in [-0.1, -0.05) is 11.6 Å². The molecule has 0 spiro atoms. The number of benzene rings is 1. The third kappa shape index (κ3) is 3.97. The fraction of sp³-hybridized carbons (Fsp3) is 0.188. The van der Waals surface area contributed by atoms with E-state index in [1.807, 2.05) is 14.0 Å². The fourth-order valence-corrected chi connectivity index (χ4v) is 2.44. The molecule has 0 aliphatic heterocycles. The number of hydrogen-bond acceptors (Lipinski definition) is 5. The summed E-state index contributed by atoms with van der Waals surface area (Å²) in [4.78, 5) is 3.81. The SMILES string of the molecule is C[C@@H](Oc1ccc(Oc2ncc(Cl)cc2F)cc1)c1n[nH]c(=S)n1C. The summed E-state index contributed by atoms with van der Waals surface area (Å²) in [5, 5.41) is 7.06. The van der Waals surface area contributed by atoms with Gasteiger partial charge in [0.25, 0.3) is 5.88 Å². The van der Waals surface area contributed by atoms with Gasteiger partial charge in [-0.05, 0) is 49.5 Å². The average molecular weight is 381 g/mol. The highest BCUT2D eigenvalue weighted by molar-refractivity contribution is 7.71. The zero-order valence-corrected chi connectivity index (χ0v) is 14.9. The molecule has 0 amide bonds. The van der Waals surface area contributed by atoms with Crippen LogP contribution in [0.2, 0.25) is 5.02 Å². The van der Waals surface area contributed by atoms with Crippen LogP contribution in [0.5, 0.6) is 17.4 Å². The van der Waals surface area contributed by atoms with Crippen LogP contribution in [0.4, 0.5) is 4.39 Å². The summed E-state index contributed by atoms with van der Waals surface area (Å²) in [6.45, 7) is 1.86. The Morgan fingerprint density at radius 1 is 1.28 bits per heavy atom. The molecule has 9 heteroatoms. The quantitative estimate of drug-likeness (QED) is 0.655. The number of hydrogen-bond donors (Lipinski definition) is 1. The van der Waals surface area contributed by atoms with Crippen LogP contribution in [-0.2, 0) is 7.05 Å². The Morgan fingerprint density at radius 2 is 1.96 bits per heavy atom. The number of nitrogens with zero attached hydrogens (tertiary/aromatic N) is 3. The van der Waals surface area contributed by atoms with Crippen molar-refractivity contribution in [3.05, 3.63) is 58.0 Å². The molecule has 0 saturated carbocycles. The first-order chi connectivity index (χ1) is 11.9. The van der Waals surface area contributed by atoms with E-state index in [0.717, 1.165) is 6.07 Å². The maximum atomic E-state index is 13.7. The topological polar surface area (TPSA) is 65.0 Å². The predicted octanol–water partition coefficient (Wildman–Crippen LogP) is 4.60. The first kappa shape index (κ1) is 17.4. The molecular weight excluding hydrogens is 367 g/mol. The van der Waals surface area contributed by atoms with Gasteiger partial charge in [0.05, 0.1) is 5.02 Å². The zero-order valence-electron chi connectivity index (χ0n) is 13.4. The molecule has 1 atom stereocenters. The lowest BCUT2D eigenvalue weighted by Crippen LogP contribution is -2.09. The first-order valence-corrected chi connectivity index (χ1v) is 8.09. The molecule has 0 bridgehead atoms. The van der Waals surface area contributed by atoms with Crippen molar-refractivity contribution in [2.45, 2.75) is 13.0 Å². The molecule has 0 fully saturated rings. The molecular formula is C16H14ClFN4O2S. The van der Waals surface area contributed by atoms with Gasteiger partial charge < -0.3 is 14.0 Å². The van der Waals surface area contributed by atoms with Gasteiger partial charge in [0.2, 0.25) is 0 Å². The van der Waals surface area contributed by atoms with Gasteiger partial charge in [-0.3, -0.25) is 5.10 Å². The molecule has 3 rings (SSSR count). The van der Waals surface area contributed by atoms with Crippen molar-refractivity contribution in [3.63, 3.8) is 0 Å². The minimum absolute atomic E-state index is 0.145. The fourth-order valence-electron chi connectivity index (χ4n) is 2.15. The molecule has 0 aliphatic rings. The molecule has 3 aromatic rings. The van der Waals surface area contributed by atoms with Crippen molar-refractivity contribution in [1.82, 2.24) is 19.7 Å². The third-order valence-corrected chi connectivity index (χ3v) is 3.98. The average Bonchev–Trinajstić information content (AvgIpc) is 2.91. The van der Waals surface area contributed by atoms with E-state index in [1.165, 1.54) is 6.20 Å². The predicted molar refractivity (Wildman–Crippen MR) is 93.2 cm³/mol. The molecule has 130 valence electrons. The van der Waals surface area contributed by atoms with E-state index >= 15 is 0 Å². The van der Waals surface area contributed by atoms with Crippen molar-refractivity contribution < 1.29 is 13.9 Å². The van der Waals surface area contributed by atoms with Crippen molar-refractivity contribution in [2.75, 3.05) is 0 Å². The van der Waals surface area contributed by atoms with Gasteiger partial charge in [-0.15, -0.1) is 0 Å². The third-order valence-electron chi connectivity index (χ3n) is 3.40. The Labute approximate surface area is 153 Å². The summed E-state index contributed by atoms with van der Waals surface area (Å²) >= 11 is 10.7. The summed E-state index contributed by atoms with van der Waals surface area (Å²) < 4.78 is 27.2. The number of aromatic nitrogens is 4. The van der Waals surface area contributed by atoms with Gasteiger partial charge in [-0.25, -0.2) is 9.37 Å². The second-order valence-corrected chi connectivity index (χ2v) is 6.04. The van der Waals surface area contributed by atoms with E-state index in [2.05, 4.69) is 15.2 Å². The van der Waals surface area contributed by atoms with Gasteiger partial charge >= 0.3 is 0 Å². The molecule has 1 aromatic carbocycles. The van der Waals surface area contributed by atoms with E-state index < -0.39 is 5.82 Å². The van der Waals surface area contributed by atoms with Crippen LogP contribution in [0.1, 0.15) is 18.9 Å². The Bertz CT molecular complexity index is 942. The molecule has 0 saturated heterocycles. The normalized spacial score (nSPS) is 12.0. The van der Waals surface area contributed by atoms with Crippen molar-refractivity contribution in [3.8, 4) is 17.4 Å². The Hall–Kier alpha value is -2.45. The minimum atomic E-state index is -0.632. The molecule has 2 heterocycles. The zero-order chi connectivity index (χ0) is 18.0. The van der Waals surface area contributed by atoms with E-state index in [9.17, 15) is 4.39 Å². The maximum absolute atomic E-state index is 13.7. The smallest absolute Gasteiger partial charge is 0.255 e. The minimum Gasteiger partial charge on any atom is -0.483 e. The Balaban J connectivity index is 1.69. The molecule has 0 unspecified atom stereocenters. The van der Waals surface area contributed by atoms with Crippen molar-refractivity contribution in [1.29, 1.82) is 0 Å². The highest BCUT2D eigenvalue weighted by atomic mass is 35.5. The maximum Gasteiger partial charge on any atom is 0.255 e. The molecule has 0 radical (unpaired) electrons. The van der Waals surface area contributed by atoms with Gasteiger partial charge in [0.15, 0.2) is 22.5 Å². The summed E-state index contributed by atoms with van der Waals surface area (Å²) in [6.07, 6.45) is 1.01. The van der Waals surface area contributed by atoms with Crippen molar-refractivity contribution in [2.24, 2.45) is 7.05 Å². The van der Waals surface area contributed by atoms with Crippen LogP contribution in [0.25, 0.3) is 0 Å². The summed E-state index contributed by atoms with van der Waals surface area (Å²) in [5.41, 5.74) is 0. The van der Waals surface area contributed by atoms with Crippen LogP contribution in [-0.4, -0.2) is 19.7 Å². The summed E-state index contributed by atoms with van der Waals surface area (Å²) in [7, 11) is 1.81. The van der Waals surface area contributed by atoms with E-state index in [1.54, 1.807) is 28.8 Å². The van der Waals surface area contributed by atoms with Gasteiger partial charge in [0.1, 0.15) is 11.5 Å². The number of nitrogens with one attached hydrogen (secondary N) is 1. The highest BCUT2D eigenvalue weighted by Crippen LogP contribution is 2.27. The number of pyridine rings is 1. The van der Waals surface area contributed by atoms with E-state index in [-0.39, 0.29) is 17.0 Å². The lowest BCUT2D eigenvalue weighted by molar-refractivity contribution is 0.212. The van der Waals surface area contributed by atoms with Gasteiger partial charge in [-0.2, -0.15) is 5.10 Å². The Morgan fingerprint density at radius 3 is 2.56 bits per heavy atom. The second-order valence-electron chi connectivity index (χ2n) is 5.22. The molecule has 2 aromatic heterocycles. The molecule has 0 aliphatic carbocycles. The number of halogens is 2. The van der Waals surface area contributed by atoms with Crippen LogP contribution >= 0.6 is 23.8 Å². The number of ether oxygens (including phenoxy) is 2. The lowest BCUT2D eigenvalue weighted by Gasteiger charge is -2.14. The van der Waals surface area contributed by atoms with Crippen LogP contribution < -0.4 is 9.47 Å². The standard InChI is InChI=1S/C16H14ClFN4O2S/c1-9(14-20-21-16(25)22(14)2)23-11-3-5-12(6-4-11)24-15-13(18)7-10(17)8-19-15/h3-9H,1-2H3,(H,21,25)/t9-/m1/s1.